The summed E-state index contributed by atoms with van der Waals surface area (Å²) in [5, 5.41) is 41.3. The van der Waals surface area contributed by atoms with Crippen LogP contribution in [0, 0.1) is 0 Å². The molecule has 144 valence electrons. The monoisotopic (exact) mass is 369 g/mol. The highest BCUT2D eigenvalue weighted by molar-refractivity contribution is 5.92. The van der Waals surface area contributed by atoms with Crippen LogP contribution in [-0.2, 0) is 20.8 Å². The summed E-state index contributed by atoms with van der Waals surface area (Å²) in [5.41, 5.74) is 5.99. The van der Waals surface area contributed by atoms with E-state index in [1.807, 2.05) is 0 Å². The van der Waals surface area contributed by atoms with Crippen molar-refractivity contribution in [2.45, 2.75) is 37.6 Å². The maximum absolute atomic E-state index is 12.4. The predicted octanol–water partition coefficient (Wildman–Crippen LogP) is -2.31. The molecule has 0 bridgehead atoms. The summed E-state index contributed by atoms with van der Waals surface area (Å²) < 4.78 is 0. The third-order valence-corrected chi connectivity index (χ3v) is 3.59. The molecule has 26 heavy (non-hydrogen) atoms. The summed E-state index contributed by atoms with van der Waals surface area (Å²) >= 11 is 0. The summed E-state index contributed by atoms with van der Waals surface area (Å²) in [4.78, 5) is 35.5. The summed E-state index contributed by atoms with van der Waals surface area (Å²) in [5.74, 6) is -3.06. The molecule has 2 amide bonds. The molecule has 0 aliphatic rings. The van der Waals surface area contributed by atoms with Crippen molar-refractivity contribution in [3.05, 3.63) is 29.8 Å². The second-order valence-electron chi connectivity index (χ2n) is 5.79. The van der Waals surface area contributed by atoms with Crippen LogP contribution >= 0.6 is 0 Å². The van der Waals surface area contributed by atoms with E-state index >= 15 is 0 Å². The fourth-order valence-corrected chi connectivity index (χ4v) is 2.08. The molecule has 0 unspecified atom stereocenters. The Hall–Kier alpha value is -2.69. The third-order valence-electron chi connectivity index (χ3n) is 3.59. The Morgan fingerprint density at radius 1 is 1.12 bits per heavy atom. The number of carbonyl (C=O) groups excluding carboxylic acids is 2. The van der Waals surface area contributed by atoms with Gasteiger partial charge in [-0.05, 0) is 24.6 Å². The van der Waals surface area contributed by atoms with Gasteiger partial charge in [0, 0.05) is 6.42 Å². The molecule has 1 rings (SSSR count). The molecule has 0 heterocycles. The van der Waals surface area contributed by atoms with Gasteiger partial charge >= 0.3 is 5.97 Å². The van der Waals surface area contributed by atoms with E-state index in [1.54, 1.807) is 0 Å². The number of hydrogen-bond acceptors (Lipinski definition) is 7. The van der Waals surface area contributed by atoms with Gasteiger partial charge in [-0.3, -0.25) is 9.59 Å². The number of carbonyl (C=O) groups is 3. The van der Waals surface area contributed by atoms with Crippen LogP contribution in [0.15, 0.2) is 24.3 Å². The molecule has 0 spiro atoms. The molecule has 10 heteroatoms. The molecular formula is C16H23N3O7. The molecule has 1 aromatic carbocycles. The number of aliphatic carboxylic acids is 1. The highest BCUT2D eigenvalue weighted by Gasteiger charge is 2.30. The molecule has 0 aliphatic carbocycles. The minimum atomic E-state index is -1.56. The molecule has 10 nitrogen and oxygen atoms in total. The molecule has 0 radical (unpaired) electrons. The zero-order valence-electron chi connectivity index (χ0n) is 14.1. The van der Waals surface area contributed by atoms with Gasteiger partial charge < -0.3 is 36.8 Å². The van der Waals surface area contributed by atoms with Crippen LogP contribution in [0.25, 0.3) is 0 Å². The summed E-state index contributed by atoms with van der Waals surface area (Å²) in [6.07, 6.45) is -1.39. The maximum atomic E-state index is 12.4. The lowest BCUT2D eigenvalue weighted by Gasteiger charge is -2.23. The van der Waals surface area contributed by atoms with Crippen LogP contribution in [0.4, 0.5) is 0 Å². The Morgan fingerprint density at radius 2 is 1.69 bits per heavy atom. The normalized spacial score (nSPS) is 15.4. The van der Waals surface area contributed by atoms with Gasteiger partial charge in [-0.1, -0.05) is 12.1 Å². The quantitative estimate of drug-likeness (QED) is 0.253. The Bertz CT molecular complexity index is 633. The molecule has 0 saturated heterocycles. The van der Waals surface area contributed by atoms with Crippen molar-refractivity contribution in [1.82, 2.24) is 10.6 Å². The number of phenolic OH excluding ortho intramolecular Hbond substituents is 1. The van der Waals surface area contributed by atoms with E-state index in [-0.39, 0.29) is 12.2 Å². The van der Waals surface area contributed by atoms with E-state index in [2.05, 4.69) is 10.6 Å². The van der Waals surface area contributed by atoms with Crippen molar-refractivity contribution in [1.29, 1.82) is 0 Å². The van der Waals surface area contributed by atoms with E-state index in [4.69, 9.17) is 15.9 Å². The van der Waals surface area contributed by atoms with Crippen LogP contribution in [0.5, 0.6) is 5.75 Å². The fraction of sp³-hybridized carbons (Fsp3) is 0.438. The summed E-state index contributed by atoms with van der Waals surface area (Å²) in [6, 6.07) is 1.81. The molecule has 4 atom stereocenters. The average molecular weight is 369 g/mol. The van der Waals surface area contributed by atoms with Crippen LogP contribution in [0.3, 0.4) is 0 Å². The number of aliphatic hydroxyl groups is 2. The van der Waals surface area contributed by atoms with Crippen molar-refractivity contribution in [3.63, 3.8) is 0 Å². The number of nitrogens with one attached hydrogen (secondary N) is 2. The summed E-state index contributed by atoms with van der Waals surface area (Å²) in [7, 11) is 0. The molecular weight excluding hydrogens is 346 g/mol. The number of phenols is 1. The number of amides is 2. The van der Waals surface area contributed by atoms with Gasteiger partial charge in [0.05, 0.1) is 12.7 Å². The van der Waals surface area contributed by atoms with E-state index in [0.29, 0.717) is 5.56 Å². The Kier molecular flexibility index (Phi) is 7.97. The van der Waals surface area contributed by atoms with E-state index in [1.165, 1.54) is 31.2 Å². The Balaban J connectivity index is 2.97. The number of nitrogens with two attached hydrogens (primary N) is 1. The maximum Gasteiger partial charge on any atom is 0.328 e. The zero-order valence-corrected chi connectivity index (χ0v) is 14.1. The van der Waals surface area contributed by atoms with E-state index in [0.717, 1.165) is 0 Å². The summed E-state index contributed by atoms with van der Waals surface area (Å²) in [6.45, 7) is 0.569. The minimum absolute atomic E-state index is 0.0149. The Morgan fingerprint density at radius 3 is 2.15 bits per heavy atom. The second-order valence-corrected chi connectivity index (χ2v) is 5.79. The van der Waals surface area contributed by atoms with Crippen molar-refractivity contribution < 1.29 is 34.8 Å². The number of carboxylic acids is 1. The molecule has 0 aliphatic heterocycles. The van der Waals surface area contributed by atoms with Gasteiger partial charge in [0.25, 0.3) is 0 Å². The number of carboxylic acid groups (broad SMARTS) is 1. The number of rotatable bonds is 9. The van der Waals surface area contributed by atoms with Crippen molar-refractivity contribution >= 4 is 17.8 Å². The smallest absolute Gasteiger partial charge is 0.328 e. The molecule has 0 aromatic heterocycles. The topological polar surface area (TPSA) is 182 Å². The first-order valence-corrected chi connectivity index (χ1v) is 7.81. The lowest BCUT2D eigenvalue weighted by atomic mass is 10.0. The van der Waals surface area contributed by atoms with E-state index < -0.39 is 48.6 Å². The van der Waals surface area contributed by atoms with E-state index in [9.17, 15) is 24.6 Å². The van der Waals surface area contributed by atoms with Crippen molar-refractivity contribution in [3.8, 4) is 5.75 Å². The Labute approximate surface area is 149 Å². The molecule has 8 N–H and O–H groups in total. The SMILES string of the molecule is C[C@@H](O)[C@H](NC(=O)[C@H](Cc1ccc(O)cc1)NC(=O)[C@@H](N)CO)C(=O)O. The van der Waals surface area contributed by atoms with Gasteiger partial charge in [0.2, 0.25) is 11.8 Å². The predicted molar refractivity (Wildman–Crippen MR) is 90.1 cm³/mol. The second kappa shape index (κ2) is 9.70. The molecule has 0 saturated carbocycles. The molecule has 0 fully saturated rings. The van der Waals surface area contributed by atoms with Gasteiger partial charge in [0.1, 0.15) is 17.8 Å². The van der Waals surface area contributed by atoms with Crippen molar-refractivity contribution in [2.24, 2.45) is 5.73 Å². The largest absolute Gasteiger partial charge is 0.508 e. The number of aromatic hydroxyl groups is 1. The minimum Gasteiger partial charge on any atom is -0.508 e. The van der Waals surface area contributed by atoms with Crippen molar-refractivity contribution in [2.75, 3.05) is 6.61 Å². The van der Waals surface area contributed by atoms with Crippen LogP contribution in [0.2, 0.25) is 0 Å². The first-order chi connectivity index (χ1) is 12.1. The highest BCUT2D eigenvalue weighted by Crippen LogP contribution is 2.12. The first kappa shape index (κ1) is 21.4. The lowest BCUT2D eigenvalue weighted by molar-refractivity contribution is -0.145. The highest BCUT2D eigenvalue weighted by atomic mass is 16.4. The fourth-order valence-electron chi connectivity index (χ4n) is 2.08. The van der Waals surface area contributed by atoms with Crippen LogP contribution in [-0.4, -0.2) is 69.0 Å². The first-order valence-electron chi connectivity index (χ1n) is 7.81. The van der Waals surface area contributed by atoms with Gasteiger partial charge in [0.15, 0.2) is 6.04 Å². The lowest BCUT2D eigenvalue weighted by Crippen LogP contribution is -2.57. The zero-order chi connectivity index (χ0) is 19.9. The third kappa shape index (κ3) is 6.31. The number of aliphatic hydroxyl groups excluding tert-OH is 2. The van der Waals surface area contributed by atoms with Gasteiger partial charge in [-0.25, -0.2) is 4.79 Å². The van der Waals surface area contributed by atoms with Gasteiger partial charge in [-0.15, -0.1) is 0 Å². The van der Waals surface area contributed by atoms with Crippen LogP contribution < -0.4 is 16.4 Å². The number of hydrogen-bond donors (Lipinski definition) is 7. The average Bonchev–Trinajstić information content (AvgIpc) is 2.59. The van der Waals surface area contributed by atoms with Crippen LogP contribution in [0.1, 0.15) is 12.5 Å². The molecule has 1 aromatic rings. The number of benzene rings is 1. The van der Waals surface area contributed by atoms with Gasteiger partial charge in [-0.2, -0.15) is 0 Å². The standard InChI is InChI=1S/C16H23N3O7/c1-8(21)13(16(25)26)19-15(24)12(18-14(23)11(17)7-20)6-9-2-4-10(22)5-3-9/h2-5,8,11-13,20-22H,6-7,17H2,1H3,(H,18,23)(H,19,24)(H,25,26)/t8-,11+,12+,13+/m1/s1.